The number of carbonyl (C=O) groups excluding carboxylic acids is 2. The summed E-state index contributed by atoms with van der Waals surface area (Å²) in [5.74, 6) is -0.478. The second-order valence-electron chi connectivity index (χ2n) is 5.31. The van der Waals surface area contributed by atoms with Crippen LogP contribution in [0.25, 0.3) is 0 Å². The molecule has 0 saturated carbocycles. The molecule has 2 aliphatic rings. The molecule has 1 aromatic rings. The predicted octanol–water partition coefficient (Wildman–Crippen LogP) is -1.22. The first-order chi connectivity index (χ1) is 9.83. The number of imidazole rings is 1. The molecule has 21 heavy (non-hydrogen) atoms. The van der Waals surface area contributed by atoms with E-state index in [4.69, 9.17) is 0 Å². The van der Waals surface area contributed by atoms with Gasteiger partial charge >= 0.3 is 6.03 Å². The normalized spacial score (nSPS) is 26.9. The molecule has 1 aromatic heterocycles. The maximum atomic E-state index is 12.5. The number of rotatable bonds is 2. The maximum absolute atomic E-state index is 12.5. The average molecular weight is 313 g/mol. The minimum Gasteiger partial charge on any atom is -0.339 e. The van der Waals surface area contributed by atoms with Crippen LogP contribution in [0.4, 0.5) is 4.79 Å². The summed E-state index contributed by atoms with van der Waals surface area (Å²) < 4.78 is 27.8. The van der Waals surface area contributed by atoms with Gasteiger partial charge in [0.05, 0.1) is 6.33 Å². The summed E-state index contributed by atoms with van der Waals surface area (Å²) in [5.41, 5.74) is -1.17. The van der Waals surface area contributed by atoms with E-state index in [1.807, 2.05) is 0 Å². The third-order valence-electron chi connectivity index (χ3n) is 3.76. The van der Waals surface area contributed by atoms with Gasteiger partial charge in [-0.3, -0.25) is 10.1 Å². The zero-order chi connectivity index (χ0) is 15.3. The molecule has 3 amide bonds. The third-order valence-corrected chi connectivity index (χ3v) is 5.49. The Morgan fingerprint density at radius 3 is 2.71 bits per heavy atom. The van der Waals surface area contributed by atoms with E-state index >= 15 is 0 Å². The SMILES string of the molecule is Cn1cnc(S(=O)(=O)N2CCCC3(C2)NC(=O)NC3=O)c1. The first kappa shape index (κ1) is 14.0. The van der Waals surface area contributed by atoms with Crippen LogP contribution in [0.3, 0.4) is 0 Å². The number of aromatic nitrogens is 2. The van der Waals surface area contributed by atoms with Gasteiger partial charge in [-0.25, -0.2) is 18.2 Å². The molecule has 3 heterocycles. The quantitative estimate of drug-likeness (QED) is 0.665. The van der Waals surface area contributed by atoms with Crippen molar-refractivity contribution in [3.8, 4) is 0 Å². The molecule has 0 aromatic carbocycles. The number of amides is 3. The number of aryl methyl sites for hydroxylation is 1. The first-order valence-electron chi connectivity index (χ1n) is 6.45. The highest BCUT2D eigenvalue weighted by atomic mass is 32.2. The second-order valence-corrected chi connectivity index (χ2v) is 7.19. The van der Waals surface area contributed by atoms with E-state index < -0.39 is 27.5 Å². The Morgan fingerprint density at radius 2 is 2.14 bits per heavy atom. The molecule has 1 spiro atoms. The Labute approximate surface area is 121 Å². The number of nitrogens with zero attached hydrogens (tertiary/aromatic N) is 3. The molecular formula is C11H15N5O4S. The van der Waals surface area contributed by atoms with Crippen LogP contribution in [0.15, 0.2) is 17.6 Å². The largest absolute Gasteiger partial charge is 0.339 e. The summed E-state index contributed by atoms with van der Waals surface area (Å²) in [6.07, 6.45) is 3.71. The molecule has 2 saturated heterocycles. The highest BCUT2D eigenvalue weighted by Gasteiger charge is 2.51. The molecule has 3 rings (SSSR count). The van der Waals surface area contributed by atoms with Crippen molar-refractivity contribution in [1.29, 1.82) is 0 Å². The van der Waals surface area contributed by atoms with Crippen LogP contribution in [-0.4, -0.2) is 52.8 Å². The van der Waals surface area contributed by atoms with Gasteiger partial charge in [0, 0.05) is 26.3 Å². The van der Waals surface area contributed by atoms with Crippen molar-refractivity contribution in [2.75, 3.05) is 13.1 Å². The van der Waals surface area contributed by atoms with E-state index in [2.05, 4.69) is 15.6 Å². The molecule has 10 heteroatoms. The Bertz CT molecular complexity index is 712. The molecule has 2 aliphatic heterocycles. The molecule has 2 N–H and O–H groups in total. The first-order valence-corrected chi connectivity index (χ1v) is 7.89. The van der Waals surface area contributed by atoms with Gasteiger partial charge in [0.15, 0.2) is 5.03 Å². The van der Waals surface area contributed by atoms with Crippen LogP contribution in [0.5, 0.6) is 0 Å². The molecule has 1 atom stereocenters. The van der Waals surface area contributed by atoms with Gasteiger partial charge < -0.3 is 9.88 Å². The van der Waals surface area contributed by atoms with Crippen molar-refractivity contribution in [2.24, 2.45) is 7.05 Å². The van der Waals surface area contributed by atoms with E-state index in [0.717, 1.165) is 0 Å². The van der Waals surface area contributed by atoms with Crippen molar-refractivity contribution < 1.29 is 18.0 Å². The third kappa shape index (κ3) is 2.20. The van der Waals surface area contributed by atoms with E-state index in [9.17, 15) is 18.0 Å². The zero-order valence-electron chi connectivity index (χ0n) is 11.4. The van der Waals surface area contributed by atoms with Gasteiger partial charge in [0.2, 0.25) is 0 Å². The summed E-state index contributed by atoms with van der Waals surface area (Å²) in [4.78, 5) is 27.1. The standard InChI is InChI=1S/C11H15N5O4S/c1-15-5-8(12-7-15)21(19,20)16-4-2-3-11(6-16)9(17)13-10(18)14-11/h5,7H,2-4,6H2,1H3,(H2,13,14,17,18). The Morgan fingerprint density at radius 1 is 1.38 bits per heavy atom. The number of piperidine rings is 1. The van der Waals surface area contributed by atoms with Crippen LogP contribution in [0, 0.1) is 0 Å². The lowest BCUT2D eigenvalue weighted by Crippen LogP contribution is -2.59. The van der Waals surface area contributed by atoms with Crippen molar-refractivity contribution >= 4 is 22.0 Å². The average Bonchev–Trinajstić information content (AvgIpc) is 2.95. The van der Waals surface area contributed by atoms with E-state index in [1.165, 1.54) is 21.4 Å². The lowest BCUT2D eigenvalue weighted by molar-refractivity contribution is -0.125. The molecule has 1 unspecified atom stereocenters. The van der Waals surface area contributed by atoms with Gasteiger partial charge in [-0.1, -0.05) is 0 Å². The fourth-order valence-electron chi connectivity index (χ4n) is 2.69. The lowest BCUT2D eigenvalue weighted by atomic mass is 9.90. The monoisotopic (exact) mass is 313 g/mol. The number of hydrogen-bond donors (Lipinski definition) is 2. The molecule has 0 radical (unpaired) electrons. The van der Waals surface area contributed by atoms with Gasteiger partial charge in [-0.15, -0.1) is 0 Å². The molecule has 9 nitrogen and oxygen atoms in total. The number of imide groups is 1. The summed E-state index contributed by atoms with van der Waals surface area (Å²) in [6, 6.07) is -0.586. The fourth-order valence-corrected chi connectivity index (χ4v) is 4.20. The Kier molecular flexibility index (Phi) is 3.02. The molecule has 0 bridgehead atoms. The van der Waals surface area contributed by atoms with Crippen LogP contribution in [-0.2, 0) is 21.9 Å². The highest BCUT2D eigenvalue weighted by Crippen LogP contribution is 2.28. The summed E-state index contributed by atoms with van der Waals surface area (Å²) >= 11 is 0. The minimum absolute atomic E-state index is 0.0632. The van der Waals surface area contributed by atoms with E-state index in [0.29, 0.717) is 19.4 Å². The minimum atomic E-state index is -3.78. The van der Waals surface area contributed by atoms with Crippen LogP contribution in [0.2, 0.25) is 0 Å². The highest BCUT2D eigenvalue weighted by molar-refractivity contribution is 7.89. The van der Waals surface area contributed by atoms with Gasteiger partial charge in [0.1, 0.15) is 5.54 Å². The summed E-state index contributed by atoms with van der Waals surface area (Å²) in [6.45, 7) is 0.216. The molecule has 0 aliphatic carbocycles. The topological polar surface area (TPSA) is 113 Å². The van der Waals surface area contributed by atoms with Gasteiger partial charge in [0.25, 0.3) is 15.9 Å². The van der Waals surface area contributed by atoms with Crippen molar-refractivity contribution in [1.82, 2.24) is 24.5 Å². The number of carbonyl (C=O) groups is 2. The summed E-state index contributed by atoms with van der Waals surface area (Å²) in [5, 5.41) is 4.65. The van der Waals surface area contributed by atoms with Crippen LogP contribution >= 0.6 is 0 Å². The lowest BCUT2D eigenvalue weighted by Gasteiger charge is -2.36. The molecular weight excluding hydrogens is 298 g/mol. The van der Waals surface area contributed by atoms with Crippen molar-refractivity contribution in [3.05, 3.63) is 12.5 Å². The Hall–Kier alpha value is -1.94. The van der Waals surface area contributed by atoms with Gasteiger partial charge in [-0.05, 0) is 12.8 Å². The number of urea groups is 1. The fraction of sp³-hybridized carbons (Fsp3) is 0.545. The van der Waals surface area contributed by atoms with Crippen molar-refractivity contribution in [2.45, 2.75) is 23.4 Å². The maximum Gasteiger partial charge on any atom is 0.322 e. The van der Waals surface area contributed by atoms with E-state index in [1.54, 1.807) is 7.05 Å². The number of sulfonamides is 1. The van der Waals surface area contributed by atoms with E-state index in [-0.39, 0.29) is 11.6 Å². The second kappa shape index (κ2) is 4.53. The number of nitrogens with one attached hydrogen (secondary N) is 2. The predicted molar refractivity (Wildman–Crippen MR) is 70.6 cm³/mol. The van der Waals surface area contributed by atoms with Crippen LogP contribution in [0.1, 0.15) is 12.8 Å². The smallest absolute Gasteiger partial charge is 0.322 e. The van der Waals surface area contributed by atoms with Crippen molar-refractivity contribution in [3.63, 3.8) is 0 Å². The molecule has 114 valence electrons. The zero-order valence-corrected chi connectivity index (χ0v) is 12.2. The number of hydrogen-bond acceptors (Lipinski definition) is 5. The molecule has 2 fully saturated rings. The Balaban J connectivity index is 1.90. The summed E-state index contributed by atoms with van der Waals surface area (Å²) in [7, 11) is -2.10. The van der Waals surface area contributed by atoms with Crippen LogP contribution < -0.4 is 10.6 Å². The van der Waals surface area contributed by atoms with Gasteiger partial charge in [-0.2, -0.15) is 4.31 Å².